The summed E-state index contributed by atoms with van der Waals surface area (Å²) in [5.74, 6) is 0.410. The van der Waals surface area contributed by atoms with Gasteiger partial charge in [0, 0.05) is 26.2 Å². The minimum Gasteiger partial charge on any atom is -0.378 e. The molecule has 2 saturated heterocycles. The van der Waals surface area contributed by atoms with Crippen molar-refractivity contribution in [2.45, 2.75) is 6.04 Å². The van der Waals surface area contributed by atoms with Crippen LogP contribution in [0.4, 0.5) is 0 Å². The number of carbonyl (C=O) groups is 1. The van der Waals surface area contributed by atoms with E-state index in [9.17, 15) is 4.79 Å². The molecule has 25 heavy (non-hydrogen) atoms. The predicted octanol–water partition coefficient (Wildman–Crippen LogP) is 2.57. The lowest BCUT2D eigenvalue weighted by Gasteiger charge is -2.45. The molecular formula is C21H24N2O2. The number of likely N-dealkylation sites (tertiary alicyclic amines) is 1. The summed E-state index contributed by atoms with van der Waals surface area (Å²) in [7, 11) is 0. The molecule has 2 heterocycles. The fourth-order valence-electron chi connectivity index (χ4n) is 3.81. The lowest BCUT2D eigenvalue weighted by atomic mass is 9.89. The molecule has 2 aliphatic rings. The number of benzene rings is 2. The lowest BCUT2D eigenvalue weighted by molar-refractivity contribution is -0.146. The molecule has 4 heteroatoms. The van der Waals surface area contributed by atoms with Crippen molar-refractivity contribution < 1.29 is 9.53 Å². The fraction of sp³-hybridized carbons (Fsp3) is 0.381. The third-order valence-electron chi connectivity index (χ3n) is 5.18. The highest BCUT2D eigenvalue weighted by atomic mass is 16.5. The van der Waals surface area contributed by atoms with Crippen LogP contribution in [0, 0.1) is 5.92 Å². The van der Waals surface area contributed by atoms with E-state index in [1.807, 2.05) is 17.0 Å². The second kappa shape index (κ2) is 7.38. The minimum absolute atomic E-state index is 0.119. The summed E-state index contributed by atoms with van der Waals surface area (Å²) in [6.07, 6.45) is 0. The minimum atomic E-state index is 0.119. The molecule has 0 spiro atoms. The molecule has 2 aromatic carbocycles. The quantitative estimate of drug-likeness (QED) is 0.860. The van der Waals surface area contributed by atoms with Gasteiger partial charge in [-0.05, 0) is 11.1 Å². The maximum atomic E-state index is 12.7. The lowest BCUT2D eigenvalue weighted by Crippen LogP contribution is -2.57. The van der Waals surface area contributed by atoms with E-state index < -0.39 is 0 Å². The number of morpholine rings is 1. The van der Waals surface area contributed by atoms with E-state index in [0.29, 0.717) is 19.1 Å². The first-order chi connectivity index (χ1) is 12.3. The average molecular weight is 336 g/mol. The molecule has 0 aromatic heterocycles. The van der Waals surface area contributed by atoms with Crippen molar-refractivity contribution in [3.05, 3.63) is 71.8 Å². The summed E-state index contributed by atoms with van der Waals surface area (Å²) in [6, 6.07) is 21.4. The molecule has 0 radical (unpaired) electrons. The van der Waals surface area contributed by atoms with Crippen LogP contribution in [0.25, 0.3) is 0 Å². The van der Waals surface area contributed by atoms with Gasteiger partial charge in [-0.1, -0.05) is 60.7 Å². The van der Waals surface area contributed by atoms with Crippen molar-refractivity contribution in [2.75, 3.05) is 39.4 Å². The van der Waals surface area contributed by atoms with E-state index in [1.54, 1.807) is 0 Å². The Balaban J connectivity index is 1.48. The van der Waals surface area contributed by atoms with Crippen LogP contribution in [0.1, 0.15) is 17.2 Å². The Morgan fingerprint density at radius 2 is 1.40 bits per heavy atom. The van der Waals surface area contributed by atoms with Crippen molar-refractivity contribution >= 4 is 5.91 Å². The highest BCUT2D eigenvalue weighted by Crippen LogP contribution is 2.34. The van der Waals surface area contributed by atoms with Gasteiger partial charge in [0.15, 0.2) is 0 Å². The van der Waals surface area contributed by atoms with Crippen LogP contribution in [-0.4, -0.2) is 55.1 Å². The summed E-state index contributed by atoms with van der Waals surface area (Å²) in [5, 5.41) is 0. The maximum Gasteiger partial charge on any atom is 0.228 e. The number of rotatable bonds is 4. The monoisotopic (exact) mass is 336 g/mol. The molecule has 0 N–H and O–H groups in total. The molecule has 1 amide bonds. The van der Waals surface area contributed by atoms with Gasteiger partial charge >= 0.3 is 0 Å². The number of hydrogen-bond acceptors (Lipinski definition) is 3. The van der Waals surface area contributed by atoms with E-state index in [4.69, 9.17) is 4.74 Å². The molecule has 0 unspecified atom stereocenters. The van der Waals surface area contributed by atoms with Gasteiger partial charge in [0.1, 0.15) is 0 Å². The Morgan fingerprint density at radius 3 is 1.92 bits per heavy atom. The Kier molecular flexibility index (Phi) is 4.81. The molecule has 0 bridgehead atoms. The molecule has 4 rings (SSSR count). The number of amides is 1. The van der Waals surface area contributed by atoms with Crippen molar-refractivity contribution in [1.82, 2.24) is 9.80 Å². The smallest absolute Gasteiger partial charge is 0.228 e. The van der Waals surface area contributed by atoms with E-state index in [0.717, 1.165) is 26.2 Å². The van der Waals surface area contributed by atoms with Crippen molar-refractivity contribution in [1.29, 1.82) is 0 Å². The Hall–Kier alpha value is -2.17. The molecular weight excluding hydrogens is 312 g/mol. The summed E-state index contributed by atoms with van der Waals surface area (Å²) >= 11 is 0. The van der Waals surface area contributed by atoms with Gasteiger partial charge in [-0.25, -0.2) is 0 Å². The van der Waals surface area contributed by atoms with Crippen LogP contribution in [-0.2, 0) is 9.53 Å². The van der Waals surface area contributed by atoms with Crippen LogP contribution in [0.2, 0.25) is 0 Å². The number of hydrogen-bond donors (Lipinski definition) is 0. The summed E-state index contributed by atoms with van der Waals surface area (Å²) in [6.45, 7) is 4.44. The van der Waals surface area contributed by atoms with Crippen molar-refractivity contribution in [3.8, 4) is 0 Å². The van der Waals surface area contributed by atoms with E-state index >= 15 is 0 Å². The fourth-order valence-corrected chi connectivity index (χ4v) is 3.81. The Bertz CT molecular complexity index is 653. The first-order valence-corrected chi connectivity index (χ1v) is 9.03. The molecule has 130 valence electrons. The Labute approximate surface area is 149 Å². The molecule has 2 aliphatic heterocycles. The van der Waals surface area contributed by atoms with E-state index in [1.165, 1.54) is 11.1 Å². The third kappa shape index (κ3) is 3.46. The van der Waals surface area contributed by atoms with E-state index in [2.05, 4.69) is 53.4 Å². The third-order valence-corrected chi connectivity index (χ3v) is 5.18. The van der Waals surface area contributed by atoms with Gasteiger partial charge in [-0.2, -0.15) is 0 Å². The first kappa shape index (κ1) is 16.3. The molecule has 4 nitrogen and oxygen atoms in total. The molecule has 2 aromatic rings. The van der Waals surface area contributed by atoms with Crippen LogP contribution >= 0.6 is 0 Å². The second-order valence-corrected chi connectivity index (χ2v) is 6.81. The average Bonchev–Trinajstić information content (AvgIpc) is 2.66. The summed E-state index contributed by atoms with van der Waals surface area (Å²) in [4.78, 5) is 17.0. The van der Waals surface area contributed by atoms with Crippen molar-refractivity contribution in [2.24, 2.45) is 5.92 Å². The molecule has 0 atom stereocenters. The maximum absolute atomic E-state index is 12.7. The number of nitrogens with zero attached hydrogens (tertiary/aromatic N) is 2. The van der Waals surface area contributed by atoms with Gasteiger partial charge in [-0.3, -0.25) is 9.69 Å². The highest BCUT2D eigenvalue weighted by Gasteiger charge is 2.39. The van der Waals surface area contributed by atoms with Gasteiger partial charge in [0.25, 0.3) is 0 Å². The standard InChI is InChI=1S/C21H24N2O2/c24-21(22-11-13-25-14-12-22)19-15-23(16-19)20(17-7-3-1-4-8-17)18-9-5-2-6-10-18/h1-10,19-20H,11-16H2. The Morgan fingerprint density at radius 1 is 0.880 bits per heavy atom. The SMILES string of the molecule is O=C(C1CN(C(c2ccccc2)c2ccccc2)C1)N1CCOCC1. The van der Waals surface area contributed by atoms with Crippen LogP contribution < -0.4 is 0 Å². The van der Waals surface area contributed by atoms with Crippen LogP contribution in [0.15, 0.2) is 60.7 Å². The van der Waals surface area contributed by atoms with Crippen molar-refractivity contribution in [3.63, 3.8) is 0 Å². The van der Waals surface area contributed by atoms with Gasteiger partial charge in [0.2, 0.25) is 5.91 Å². The highest BCUT2D eigenvalue weighted by molar-refractivity contribution is 5.80. The zero-order valence-electron chi connectivity index (χ0n) is 14.4. The molecule has 0 saturated carbocycles. The largest absolute Gasteiger partial charge is 0.378 e. The predicted molar refractivity (Wildman–Crippen MR) is 97.2 cm³/mol. The summed E-state index contributed by atoms with van der Waals surface area (Å²) < 4.78 is 5.35. The first-order valence-electron chi connectivity index (χ1n) is 9.03. The van der Waals surface area contributed by atoms with Gasteiger partial charge < -0.3 is 9.64 Å². The zero-order valence-corrected chi connectivity index (χ0v) is 14.4. The summed E-state index contributed by atoms with van der Waals surface area (Å²) in [5.41, 5.74) is 2.57. The molecule has 0 aliphatic carbocycles. The van der Waals surface area contributed by atoms with Crippen LogP contribution in [0.5, 0.6) is 0 Å². The number of ether oxygens (including phenoxy) is 1. The van der Waals surface area contributed by atoms with Crippen LogP contribution in [0.3, 0.4) is 0 Å². The van der Waals surface area contributed by atoms with Gasteiger partial charge in [-0.15, -0.1) is 0 Å². The van der Waals surface area contributed by atoms with Gasteiger partial charge in [0.05, 0.1) is 25.2 Å². The molecule has 2 fully saturated rings. The topological polar surface area (TPSA) is 32.8 Å². The zero-order chi connectivity index (χ0) is 17.1. The normalized spacial score (nSPS) is 19.0. The second-order valence-electron chi connectivity index (χ2n) is 6.81. The number of carbonyl (C=O) groups excluding carboxylic acids is 1. The van der Waals surface area contributed by atoms with E-state index in [-0.39, 0.29) is 12.0 Å².